The molecule has 26 heavy (non-hydrogen) atoms. The third kappa shape index (κ3) is 4.72. The van der Waals surface area contributed by atoms with E-state index < -0.39 is 0 Å². The second kappa shape index (κ2) is 8.66. The molecule has 2 aromatic rings. The van der Waals surface area contributed by atoms with Crippen molar-refractivity contribution in [3.05, 3.63) is 30.5 Å². The van der Waals surface area contributed by atoms with E-state index in [0.29, 0.717) is 5.95 Å². The van der Waals surface area contributed by atoms with Crippen molar-refractivity contribution in [2.45, 2.75) is 0 Å². The van der Waals surface area contributed by atoms with Gasteiger partial charge in [-0.25, -0.2) is 0 Å². The monoisotopic (exact) mass is 357 g/mol. The molecule has 140 valence electrons. The molecule has 0 atom stereocenters. The van der Waals surface area contributed by atoms with E-state index in [0.717, 1.165) is 50.8 Å². The van der Waals surface area contributed by atoms with Gasteiger partial charge in [0.1, 0.15) is 5.75 Å². The van der Waals surface area contributed by atoms with Crippen molar-refractivity contribution in [3.63, 3.8) is 0 Å². The van der Waals surface area contributed by atoms with Gasteiger partial charge in [0.2, 0.25) is 5.95 Å². The number of likely N-dealkylation sites (N-methyl/N-ethyl adjacent to an activating group) is 1. The lowest BCUT2D eigenvalue weighted by Crippen LogP contribution is -2.47. The van der Waals surface area contributed by atoms with Gasteiger partial charge in [0.05, 0.1) is 13.3 Å². The molecule has 0 unspecified atom stereocenters. The van der Waals surface area contributed by atoms with Crippen LogP contribution in [-0.4, -0.2) is 80.6 Å². The van der Waals surface area contributed by atoms with Gasteiger partial charge in [-0.3, -0.25) is 0 Å². The maximum absolute atomic E-state index is 5.22. The van der Waals surface area contributed by atoms with Crippen LogP contribution in [0.25, 0.3) is 0 Å². The molecular formula is C18H27N7O. The van der Waals surface area contributed by atoms with Crippen molar-refractivity contribution >= 4 is 17.5 Å². The highest BCUT2D eigenvalue weighted by molar-refractivity contribution is 5.51. The lowest BCUT2D eigenvalue weighted by atomic mass is 10.2. The van der Waals surface area contributed by atoms with Gasteiger partial charge in [-0.2, -0.15) is 10.1 Å². The lowest BCUT2D eigenvalue weighted by molar-refractivity contribution is 0.415. The van der Waals surface area contributed by atoms with E-state index in [2.05, 4.69) is 47.3 Å². The number of nitrogens with zero attached hydrogens (tertiary/aromatic N) is 6. The van der Waals surface area contributed by atoms with Crippen LogP contribution in [-0.2, 0) is 0 Å². The van der Waals surface area contributed by atoms with Crippen LogP contribution >= 0.6 is 0 Å². The average Bonchev–Trinajstić information content (AvgIpc) is 2.68. The van der Waals surface area contributed by atoms with Gasteiger partial charge in [-0.05, 0) is 38.4 Å². The van der Waals surface area contributed by atoms with E-state index in [9.17, 15) is 0 Å². The van der Waals surface area contributed by atoms with Gasteiger partial charge in [-0.15, -0.1) is 5.10 Å². The number of ether oxygens (including phenoxy) is 1. The molecule has 1 aliphatic rings. The minimum atomic E-state index is 0.689. The van der Waals surface area contributed by atoms with Crippen LogP contribution in [0.1, 0.15) is 0 Å². The van der Waals surface area contributed by atoms with Crippen molar-refractivity contribution in [1.29, 1.82) is 0 Å². The summed E-state index contributed by atoms with van der Waals surface area (Å²) >= 11 is 0. The Morgan fingerprint density at radius 2 is 1.77 bits per heavy atom. The van der Waals surface area contributed by atoms with E-state index in [4.69, 9.17) is 4.74 Å². The first kappa shape index (κ1) is 18.2. The number of nitrogens with one attached hydrogen (secondary N) is 1. The molecule has 0 amide bonds. The SMILES string of the molecule is COc1ccc(N2CCN(c3nncc(NCCN(C)C)n3)CC2)cc1. The summed E-state index contributed by atoms with van der Waals surface area (Å²) in [6.45, 7) is 5.36. The smallest absolute Gasteiger partial charge is 0.247 e. The molecule has 1 aromatic heterocycles. The predicted molar refractivity (Wildman–Crippen MR) is 104 cm³/mol. The molecular weight excluding hydrogens is 330 g/mol. The minimum absolute atomic E-state index is 0.689. The van der Waals surface area contributed by atoms with E-state index in [1.807, 2.05) is 26.2 Å². The molecule has 1 N–H and O–H groups in total. The van der Waals surface area contributed by atoms with Crippen molar-refractivity contribution in [2.24, 2.45) is 0 Å². The molecule has 1 fully saturated rings. The first-order valence-corrected chi connectivity index (χ1v) is 8.88. The Bertz CT molecular complexity index is 684. The van der Waals surface area contributed by atoms with Gasteiger partial charge < -0.3 is 24.8 Å². The zero-order valence-corrected chi connectivity index (χ0v) is 15.7. The summed E-state index contributed by atoms with van der Waals surface area (Å²) in [7, 11) is 5.78. The molecule has 1 saturated heterocycles. The van der Waals surface area contributed by atoms with Crippen LogP contribution in [0.4, 0.5) is 17.5 Å². The largest absolute Gasteiger partial charge is 0.497 e. The van der Waals surface area contributed by atoms with E-state index in [-0.39, 0.29) is 0 Å². The van der Waals surface area contributed by atoms with Gasteiger partial charge in [-0.1, -0.05) is 0 Å². The molecule has 1 aromatic carbocycles. The Morgan fingerprint density at radius 3 is 2.42 bits per heavy atom. The predicted octanol–water partition coefficient (Wildman–Crippen LogP) is 1.18. The fourth-order valence-electron chi connectivity index (χ4n) is 2.88. The highest BCUT2D eigenvalue weighted by Gasteiger charge is 2.20. The summed E-state index contributed by atoms with van der Waals surface area (Å²) in [5.41, 5.74) is 1.21. The number of hydrogen-bond donors (Lipinski definition) is 1. The van der Waals surface area contributed by atoms with Crippen molar-refractivity contribution in [1.82, 2.24) is 20.1 Å². The standard InChI is InChI=1S/C18H27N7O/c1-23(2)9-8-19-17-14-20-22-18(21-17)25-12-10-24(11-13-25)15-4-6-16(26-3)7-5-15/h4-7,14H,8-13H2,1-3H3,(H,19,21,22). The van der Waals surface area contributed by atoms with Crippen LogP contribution in [0.5, 0.6) is 5.75 Å². The lowest BCUT2D eigenvalue weighted by Gasteiger charge is -2.36. The van der Waals surface area contributed by atoms with Crippen molar-refractivity contribution in [2.75, 3.05) is 75.6 Å². The molecule has 3 rings (SSSR count). The van der Waals surface area contributed by atoms with Crippen molar-refractivity contribution < 1.29 is 4.74 Å². The van der Waals surface area contributed by atoms with Gasteiger partial charge >= 0.3 is 0 Å². The Balaban J connectivity index is 1.55. The topological polar surface area (TPSA) is 69.7 Å². The summed E-state index contributed by atoms with van der Waals surface area (Å²) in [5.74, 6) is 2.34. The number of aromatic nitrogens is 3. The Labute approximate surface area is 154 Å². The summed E-state index contributed by atoms with van der Waals surface area (Å²) < 4.78 is 5.22. The number of rotatable bonds is 7. The second-order valence-electron chi connectivity index (χ2n) is 6.54. The van der Waals surface area contributed by atoms with Crippen LogP contribution in [0, 0.1) is 0 Å². The fourth-order valence-corrected chi connectivity index (χ4v) is 2.88. The quantitative estimate of drug-likeness (QED) is 0.792. The molecule has 0 saturated carbocycles. The molecule has 2 heterocycles. The Kier molecular flexibility index (Phi) is 6.06. The second-order valence-corrected chi connectivity index (χ2v) is 6.54. The van der Waals surface area contributed by atoms with E-state index in [1.54, 1.807) is 13.3 Å². The molecule has 0 radical (unpaired) electrons. The number of methoxy groups -OCH3 is 1. The van der Waals surface area contributed by atoms with Gasteiger partial charge in [0.15, 0.2) is 5.82 Å². The van der Waals surface area contributed by atoms with Crippen LogP contribution in [0.15, 0.2) is 30.5 Å². The van der Waals surface area contributed by atoms with E-state index in [1.165, 1.54) is 5.69 Å². The van der Waals surface area contributed by atoms with Crippen molar-refractivity contribution in [3.8, 4) is 5.75 Å². The van der Waals surface area contributed by atoms with Crippen LogP contribution in [0.2, 0.25) is 0 Å². The summed E-state index contributed by atoms with van der Waals surface area (Å²) in [5, 5.41) is 11.6. The normalized spacial score (nSPS) is 14.6. The van der Waals surface area contributed by atoms with Crippen LogP contribution in [0.3, 0.4) is 0 Å². The maximum Gasteiger partial charge on any atom is 0.247 e. The van der Waals surface area contributed by atoms with Crippen LogP contribution < -0.4 is 19.9 Å². The zero-order chi connectivity index (χ0) is 18.4. The summed E-state index contributed by atoms with van der Waals surface area (Å²) in [6, 6.07) is 8.19. The number of hydrogen-bond acceptors (Lipinski definition) is 8. The molecule has 0 bridgehead atoms. The minimum Gasteiger partial charge on any atom is -0.497 e. The maximum atomic E-state index is 5.22. The fraction of sp³-hybridized carbons (Fsp3) is 0.500. The third-order valence-corrected chi connectivity index (χ3v) is 4.41. The molecule has 1 aliphatic heterocycles. The third-order valence-electron chi connectivity index (χ3n) is 4.41. The molecule has 0 aliphatic carbocycles. The number of anilines is 3. The number of piperazine rings is 1. The first-order valence-electron chi connectivity index (χ1n) is 8.88. The molecule has 8 nitrogen and oxygen atoms in total. The van der Waals surface area contributed by atoms with Gasteiger partial charge in [0, 0.05) is 45.0 Å². The zero-order valence-electron chi connectivity index (χ0n) is 15.7. The Morgan fingerprint density at radius 1 is 1.08 bits per heavy atom. The number of benzene rings is 1. The van der Waals surface area contributed by atoms with E-state index >= 15 is 0 Å². The van der Waals surface area contributed by atoms with Gasteiger partial charge in [0.25, 0.3) is 0 Å². The highest BCUT2D eigenvalue weighted by Crippen LogP contribution is 2.21. The summed E-state index contributed by atoms with van der Waals surface area (Å²) in [4.78, 5) is 11.3. The highest BCUT2D eigenvalue weighted by atomic mass is 16.5. The summed E-state index contributed by atoms with van der Waals surface area (Å²) in [6.07, 6.45) is 1.67. The molecule has 0 spiro atoms. The first-order chi connectivity index (χ1) is 12.7. The average molecular weight is 357 g/mol. The Hall–Kier alpha value is -2.61. The molecule has 8 heteroatoms.